The highest BCUT2D eigenvalue weighted by Gasteiger charge is 2.27. The van der Waals surface area contributed by atoms with E-state index in [4.69, 9.17) is 0 Å². The maximum Gasteiger partial charge on any atom is 0.0891 e. The molecule has 2 atom stereocenters. The van der Waals surface area contributed by atoms with Crippen molar-refractivity contribution in [2.75, 3.05) is 0 Å². The van der Waals surface area contributed by atoms with E-state index in [2.05, 4.69) is 65.8 Å². The van der Waals surface area contributed by atoms with Gasteiger partial charge in [-0.15, -0.1) is 0 Å². The fourth-order valence-electron chi connectivity index (χ4n) is 2.70. The van der Waals surface area contributed by atoms with E-state index < -0.39 is 5.60 Å². The molecule has 20 heavy (non-hydrogen) atoms. The maximum atomic E-state index is 10.5. The van der Waals surface area contributed by atoms with Gasteiger partial charge in [0.1, 0.15) is 0 Å². The van der Waals surface area contributed by atoms with Crippen molar-refractivity contribution in [3.63, 3.8) is 0 Å². The summed E-state index contributed by atoms with van der Waals surface area (Å²) < 4.78 is 0. The minimum atomic E-state index is -0.746. The van der Waals surface area contributed by atoms with Crippen molar-refractivity contribution in [3.8, 4) is 0 Å². The smallest absolute Gasteiger partial charge is 0.0891 e. The molecule has 1 aromatic carbocycles. The molecule has 1 heteroatoms. The molecule has 0 saturated heterocycles. The molecule has 0 aliphatic heterocycles. The van der Waals surface area contributed by atoms with Crippen LogP contribution >= 0.6 is 0 Å². The van der Waals surface area contributed by atoms with Gasteiger partial charge in [0, 0.05) is 0 Å². The molecule has 0 amide bonds. The molecule has 0 fully saturated rings. The highest BCUT2D eigenvalue weighted by molar-refractivity contribution is 5.29. The number of rotatable bonds is 6. The first-order valence-corrected chi connectivity index (χ1v) is 7.99. The quantitative estimate of drug-likeness (QED) is 0.744. The minimum Gasteiger partial charge on any atom is -0.385 e. The highest BCUT2D eigenvalue weighted by Crippen LogP contribution is 2.34. The van der Waals surface area contributed by atoms with Crippen LogP contribution in [0.2, 0.25) is 0 Å². The summed E-state index contributed by atoms with van der Waals surface area (Å²) in [6.45, 7) is 15.2. The summed E-state index contributed by atoms with van der Waals surface area (Å²) in [7, 11) is 0. The van der Waals surface area contributed by atoms with Gasteiger partial charge in [0.25, 0.3) is 0 Å². The molecule has 1 rings (SSSR count). The maximum absolute atomic E-state index is 10.5. The molecule has 1 nitrogen and oxygen atoms in total. The van der Waals surface area contributed by atoms with Gasteiger partial charge < -0.3 is 5.11 Å². The second-order valence-corrected chi connectivity index (χ2v) is 7.40. The zero-order valence-corrected chi connectivity index (χ0v) is 14.3. The van der Waals surface area contributed by atoms with Gasteiger partial charge in [-0.1, -0.05) is 65.8 Å². The van der Waals surface area contributed by atoms with Crippen LogP contribution < -0.4 is 0 Å². The lowest BCUT2D eigenvalue weighted by molar-refractivity contribution is 0.00903. The van der Waals surface area contributed by atoms with E-state index in [0.29, 0.717) is 17.8 Å². The van der Waals surface area contributed by atoms with Gasteiger partial charge in [-0.3, -0.25) is 0 Å². The fourth-order valence-corrected chi connectivity index (χ4v) is 2.70. The van der Waals surface area contributed by atoms with Crippen molar-refractivity contribution in [3.05, 3.63) is 35.4 Å². The van der Waals surface area contributed by atoms with Crippen LogP contribution in [0, 0.1) is 17.8 Å². The molecular formula is C19H32O. The second kappa shape index (κ2) is 6.76. The third-order valence-corrected chi connectivity index (χ3v) is 4.58. The molecule has 0 saturated carbocycles. The van der Waals surface area contributed by atoms with Crippen molar-refractivity contribution in [2.45, 2.75) is 66.4 Å². The Bertz CT molecular complexity index is 398. The van der Waals surface area contributed by atoms with E-state index >= 15 is 0 Å². The summed E-state index contributed by atoms with van der Waals surface area (Å²) in [5, 5.41) is 10.5. The van der Waals surface area contributed by atoms with Crippen LogP contribution in [0.5, 0.6) is 0 Å². The second-order valence-electron chi connectivity index (χ2n) is 7.40. The van der Waals surface area contributed by atoms with Crippen LogP contribution in [-0.4, -0.2) is 5.11 Å². The topological polar surface area (TPSA) is 20.2 Å². The van der Waals surface area contributed by atoms with Gasteiger partial charge in [-0.05, 0) is 48.1 Å². The third-order valence-electron chi connectivity index (χ3n) is 4.58. The predicted octanol–water partition coefficient (Wildman–Crippen LogP) is 5.34. The molecule has 0 aromatic heterocycles. The SMILES string of the molecule is CC(C)CC(c1ccc(C(C)(O)C(C)C)cc1)C(C)C. The summed E-state index contributed by atoms with van der Waals surface area (Å²) in [5.74, 6) is 2.17. The normalized spacial score (nSPS) is 16.8. The van der Waals surface area contributed by atoms with E-state index in [-0.39, 0.29) is 5.92 Å². The summed E-state index contributed by atoms with van der Waals surface area (Å²) in [6.07, 6.45) is 1.22. The van der Waals surface area contributed by atoms with Crippen LogP contribution in [0.4, 0.5) is 0 Å². The van der Waals surface area contributed by atoms with Crippen molar-refractivity contribution in [1.82, 2.24) is 0 Å². The third kappa shape index (κ3) is 4.09. The standard InChI is InChI=1S/C19H32O/c1-13(2)12-18(14(3)4)16-8-10-17(11-9-16)19(7,20)15(5)6/h8-11,13-15,18,20H,12H2,1-7H3. The Balaban J connectivity index is 3.00. The average Bonchev–Trinajstić information content (AvgIpc) is 2.35. The number of aliphatic hydroxyl groups is 1. The van der Waals surface area contributed by atoms with Crippen LogP contribution in [0.15, 0.2) is 24.3 Å². The van der Waals surface area contributed by atoms with Gasteiger partial charge in [0.2, 0.25) is 0 Å². The molecule has 114 valence electrons. The Morgan fingerprint density at radius 2 is 1.45 bits per heavy atom. The molecule has 0 spiro atoms. The molecule has 0 radical (unpaired) electrons. The predicted molar refractivity (Wildman–Crippen MR) is 87.9 cm³/mol. The Kier molecular flexibility index (Phi) is 5.82. The summed E-state index contributed by atoms with van der Waals surface area (Å²) in [4.78, 5) is 0. The van der Waals surface area contributed by atoms with Crippen molar-refractivity contribution < 1.29 is 5.11 Å². The zero-order valence-electron chi connectivity index (χ0n) is 14.3. The monoisotopic (exact) mass is 276 g/mol. The summed E-state index contributed by atoms with van der Waals surface area (Å²) in [5.41, 5.74) is 1.67. The average molecular weight is 276 g/mol. The number of benzene rings is 1. The molecule has 0 heterocycles. The number of hydrogen-bond donors (Lipinski definition) is 1. The van der Waals surface area contributed by atoms with Crippen LogP contribution in [0.1, 0.15) is 71.9 Å². The molecular weight excluding hydrogens is 244 g/mol. The number of hydrogen-bond acceptors (Lipinski definition) is 1. The molecule has 1 N–H and O–H groups in total. The van der Waals surface area contributed by atoms with E-state index in [1.54, 1.807) is 0 Å². The highest BCUT2D eigenvalue weighted by atomic mass is 16.3. The lowest BCUT2D eigenvalue weighted by atomic mass is 9.80. The molecule has 2 unspecified atom stereocenters. The van der Waals surface area contributed by atoms with Crippen molar-refractivity contribution in [1.29, 1.82) is 0 Å². The largest absolute Gasteiger partial charge is 0.385 e. The first-order chi connectivity index (χ1) is 9.16. The summed E-state index contributed by atoms with van der Waals surface area (Å²) in [6, 6.07) is 8.62. The zero-order chi connectivity index (χ0) is 15.5. The van der Waals surface area contributed by atoms with E-state index in [1.807, 2.05) is 6.92 Å². The Labute approximate surface area is 125 Å². The van der Waals surface area contributed by atoms with Crippen LogP contribution in [0.25, 0.3) is 0 Å². The van der Waals surface area contributed by atoms with E-state index in [1.165, 1.54) is 12.0 Å². The molecule has 0 aliphatic rings. The lowest BCUT2D eigenvalue weighted by Gasteiger charge is -2.29. The first-order valence-electron chi connectivity index (χ1n) is 7.99. The van der Waals surface area contributed by atoms with Gasteiger partial charge in [-0.25, -0.2) is 0 Å². The Morgan fingerprint density at radius 1 is 0.950 bits per heavy atom. The van der Waals surface area contributed by atoms with E-state index in [0.717, 1.165) is 5.56 Å². The molecule has 0 bridgehead atoms. The van der Waals surface area contributed by atoms with Crippen molar-refractivity contribution >= 4 is 0 Å². The molecule has 0 aliphatic carbocycles. The fraction of sp³-hybridized carbons (Fsp3) is 0.684. The van der Waals surface area contributed by atoms with Gasteiger partial charge in [0.05, 0.1) is 5.60 Å². The van der Waals surface area contributed by atoms with Crippen molar-refractivity contribution in [2.24, 2.45) is 17.8 Å². The lowest BCUT2D eigenvalue weighted by Crippen LogP contribution is -2.27. The summed E-state index contributed by atoms with van der Waals surface area (Å²) >= 11 is 0. The first kappa shape index (κ1) is 17.2. The van der Waals surface area contributed by atoms with Gasteiger partial charge in [-0.2, -0.15) is 0 Å². The van der Waals surface area contributed by atoms with Crippen LogP contribution in [-0.2, 0) is 5.60 Å². The van der Waals surface area contributed by atoms with Gasteiger partial charge >= 0.3 is 0 Å². The molecule has 1 aromatic rings. The van der Waals surface area contributed by atoms with E-state index in [9.17, 15) is 5.11 Å². The Hall–Kier alpha value is -0.820. The minimum absolute atomic E-state index is 0.213. The Morgan fingerprint density at radius 3 is 1.80 bits per heavy atom. The van der Waals surface area contributed by atoms with Crippen LogP contribution in [0.3, 0.4) is 0 Å². The van der Waals surface area contributed by atoms with Gasteiger partial charge in [0.15, 0.2) is 0 Å².